The van der Waals surface area contributed by atoms with Gasteiger partial charge < -0.3 is 15.0 Å². The van der Waals surface area contributed by atoms with Crippen molar-refractivity contribution in [3.8, 4) is 0 Å². The second-order valence-corrected chi connectivity index (χ2v) is 5.87. The van der Waals surface area contributed by atoms with Crippen LogP contribution in [-0.4, -0.2) is 27.7 Å². The minimum Gasteiger partial charge on any atom is -0.396 e. The highest BCUT2D eigenvalue weighted by Gasteiger charge is 2.24. The van der Waals surface area contributed by atoms with Gasteiger partial charge in [0, 0.05) is 23.4 Å². The molecule has 114 valence electrons. The van der Waals surface area contributed by atoms with Crippen LogP contribution in [0.2, 0.25) is 0 Å². The molecule has 0 saturated carbocycles. The van der Waals surface area contributed by atoms with Gasteiger partial charge in [-0.3, -0.25) is 4.79 Å². The summed E-state index contributed by atoms with van der Waals surface area (Å²) in [7, 11) is 0. The van der Waals surface area contributed by atoms with Gasteiger partial charge in [-0.1, -0.05) is 25.1 Å². The molecule has 0 fully saturated rings. The van der Waals surface area contributed by atoms with Gasteiger partial charge in [-0.25, -0.2) is 0 Å². The highest BCUT2D eigenvalue weighted by atomic mass is 16.3. The molecule has 2 N–H and O–H groups in total. The van der Waals surface area contributed by atoms with Crippen molar-refractivity contribution >= 4 is 16.8 Å². The number of aromatic nitrogens is 1. The van der Waals surface area contributed by atoms with E-state index >= 15 is 0 Å². The predicted octanol–water partition coefficient (Wildman–Crippen LogP) is 2.62. The first-order valence-electron chi connectivity index (χ1n) is 7.46. The maximum Gasteiger partial charge on any atom is 0.240 e. The smallest absolute Gasteiger partial charge is 0.240 e. The van der Waals surface area contributed by atoms with Crippen LogP contribution >= 0.6 is 0 Å². The van der Waals surface area contributed by atoms with E-state index in [2.05, 4.69) is 17.4 Å². The van der Waals surface area contributed by atoms with Gasteiger partial charge in [0.2, 0.25) is 5.91 Å². The first-order valence-corrected chi connectivity index (χ1v) is 7.46. The second-order valence-electron chi connectivity index (χ2n) is 5.87. The number of hydrogen-bond donors (Lipinski definition) is 2. The van der Waals surface area contributed by atoms with Crippen LogP contribution in [0.5, 0.6) is 0 Å². The fourth-order valence-corrected chi connectivity index (χ4v) is 2.65. The third-order valence-corrected chi connectivity index (χ3v) is 4.20. The maximum atomic E-state index is 12.3. The van der Waals surface area contributed by atoms with Gasteiger partial charge in [0.15, 0.2) is 0 Å². The summed E-state index contributed by atoms with van der Waals surface area (Å²) in [6, 6.07) is 10.2. The van der Waals surface area contributed by atoms with Crippen LogP contribution in [0.4, 0.5) is 0 Å². The Labute approximate surface area is 125 Å². The van der Waals surface area contributed by atoms with Crippen molar-refractivity contribution in [1.29, 1.82) is 0 Å². The zero-order valence-corrected chi connectivity index (χ0v) is 13.0. The number of aliphatic hydroxyl groups is 1. The maximum absolute atomic E-state index is 12.3. The van der Waals surface area contributed by atoms with Crippen LogP contribution in [0, 0.1) is 6.92 Å². The van der Waals surface area contributed by atoms with E-state index in [9.17, 15) is 4.79 Å². The number of carbonyl (C=O) groups is 1. The Kier molecular flexibility index (Phi) is 4.68. The van der Waals surface area contributed by atoms with Crippen molar-refractivity contribution in [2.24, 2.45) is 0 Å². The zero-order valence-electron chi connectivity index (χ0n) is 13.0. The standard InChI is InChI=1S/C17H24N2O2/c1-4-17(3,9-10-20)18-16(21)12-19-13(2)11-14-7-5-6-8-15(14)19/h5-8,11,20H,4,9-10,12H2,1-3H3,(H,18,21). The molecule has 4 heteroatoms. The molecular weight excluding hydrogens is 264 g/mol. The number of rotatable bonds is 6. The van der Waals surface area contributed by atoms with Gasteiger partial charge in [0.25, 0.3) is 0 Å². The largest absolute Gasteiger partial charge is 0.396 e. The monoisotopic (exact) mass is 288 g/mol. The van der Waals surface area contributed by atoms with Crippen LogP contribution < -0.4 is 5.32 Å². The van der Waals surface area contributed by atoms with Gasteiger partial charge in [-0.05, 0) is 44.2 Å². The average molecular weight is 288 g/mol. The van der Waals surface area contributed by atoms with Crippen LogP contribution in [-0.2, 0) is 11.3 Å². The number of nitrogens with zero attached hydrogens (tertiary/aromatic N) is 1. The minimum absolute atomic E-state index is 0.0164. The van der Waals surface area contributed by atoms with E-state index in [0.29, 0.717) is 13.0 Å². The number of para-hydroxylation sites is 1. The van der Waals surface area contributed by atoms with E-state index < -0.39 is 0 Å². The lowest BCUT2D eigenvalue weighted by molar-refractivity contribution is -0.123. The summed E-state index contributed by atoms with van der Waals surface area (Å²) < 4.78 is 2.03. The third-order valence-electron chi connectivity index (χ3n) is 4.20. The molecule has 2 rings (SSSR count). The Balaban J connectivity index is 2.16. The molecule has 0 aliphatic heterocycles. The highest BCUT2D eigenvalue weighted by Crippen LogP contribution is 2.19. The van der Waals surface area contributed by atoms with E-state index in [1.165, 1.54) is 0 Å². The number of carbonyl (C=O) groups excluding carboxylic acids is 1. The van der Waals surface area contributed by atoms with Gasteiger partial charge >= 0.3 is 0 Å². The molecule has 1 atom stereocenters. The number of amides is 1. The Morgan fingerprint density at radius 3 is 2.76 bits per heavy atom. The summed E-state index contributed by atoms with van der Waals surface area (Å²) in [5, 5.41) is 13.3. The van der Waals surface area contributed by atoms with Crippen molar-refractivity contribution < 1.29 is 9.90 Å². The van der Waals surface area contributed by atoms with Gasteiger partial charge in [0.05, 0.1) is 0 Å². The number of benzene rings is 1. The molecule has 0 bridgehead atoms. The van der Waals surface area contributed by atoms with Crippen molar-refractivity contribution in [3.63, 3.8) is 0 Å². The Morgan fingerprint density at radius 2 is 2.10 bits per heavy atom. The molecule has 0 radical (unpaired) electrons. The molecule has 2 aromatic rings. The molecule has 1 aromatic carbocycles. The number of nitrogens with one attached hydrogen (secondary N) is 1. The number of fused-ring (bicyclic) bond motifs is 1. The van der Waals surface area contributed by atoms with Crippen LogP contribution in [0.1, 0.15) is 32.4 Å². The third kappa shape index (κ3) is 3.45. The molecule has 1 heterocycles. The van der Waals surface area contributed by atoms with Crippen LogP contribution in [0.25, 0.3) is 10.9 Å². The summed E-state index contributed by atoms with van der Waals surface area (Å²) in [6.45, 7) is 6.39. The summed E-state index contributed by atoms with van der Waals surface area (Å²) in [5.41, 5.74) is 1.81. The van der Waals surface area contributed by atoms with Crippen molar-refractivity contribution in [2.75, 3.05) is 6.61 Å². The number of hydrogen-bond acceptors (Lipinski definition) is 2. The van der Waals surface area contributed by atoms with Crippen LogP contribution in [0.15, 0.2) is 30.3 Å². The fourth-order valence-electron chi connectivity index (χ4n) is 2.65. The quantitative estimate of drug-likeness (QED) is 0.858. The predicted molar refractivity (Wildman–Crippen MR) is 85.2 cm³/mol. The van der Waals surface area contributed by atoms with E-state index in [4.69, 9.17) is 5.11 Å². The normalized spacial score (nSPS) is 14.1. The summed E-state index contributed by atoms with van der Waals surface area (Å²) in [4.78, 5) is 12.3. The van der Waals surface area contributed by atoms with Gasteiger partial charge in [0.1, 0.15) is 6.54 Å². The lowest BCUT2D eigenvalue weighted by Crippen LogP contribution is -2.47. The molecule has 1 aromatic heterocycles. The zero-order chi connectivity index (χ0) is 15.5. The molecule has 0 spiro atoms. The van der Waals surface area contributed by atoms with Gasteiger partial charge in [-0.2, -0.15) is 0 Å². The molecular formula is C17H24N2O2. The summed E-state index contributed by atoms with van der Waals surface area (Å²) in [6.07, 6.45) is 1.37. The van der Waals surface area contributed by atoms with Gasteiger partial charge in [-0.15, -0.1) is 0 Å². The molecule has 0 aliphatic rings. The lowest BCUT2D eigenvalue weighted by Gasteiger charge is -2.29. The second kappa shape index (κ2) is 6.31. The van der Waals surface area contributed by atoms with E-state index in [0.717, 1.165) is 23.0 Å². The molecule has 4 nitrogen and oxygen atoms in total. The van der Waals surface area contributed by atoms with Crippen molar-refractivity contribution in [3.05, 3.63) is 36.0 Å². The molecule has 0 aliphatic carbocycles. The van der Waals surface area contributed by atoms with E-state index in [1.54, 1.807) is 0 Å². The van der Waals surface area contributed by atoms with Crippen LogP contribution in [0.3, 0.4) is 0 Å². The molecule has 21 heavy (non-hydrogen) atoms. The summed E-state index contributed by atoms with van der Waals surface area (Å²) in [5.74, 6) is -0.0164. The Bertz CT molecular complexity index is 633. The van der Waals surface area contributed by atoms with Crippen molar-refractivity contribution in [2.45, 2.75) is 45.7 Å². The summed E-state index contributed by atoms with van der Waals surface area (Å²) >= 11 is 0. The topological polar surface area (TPSA) is 54.3 Å². The molecule has 1 amide bonds. The van der Waals surface area contributed by atoms with Crippen molar-refractivity contribution in [1.82, 2.24) is 9.88 Å². The number of aliphatic hydroxyl groups excluding tert-OH is 1. The Hall–Kier alpha value is -1.81. The first kappa shape index (κ1) is 15.6. The minimum atomic E-state index is -0.345. The fraction of sp³-hybridized carbons (Fsp3) is 0.471. The first-order chi connectivity index (χ1) is 9.99. The SMILES string of the molecule is CCC(C)(CCO)NC(=O)Cn1c(C)cc2ccccc21. The average Bonchev–Trinajstić information content (AvgIpc) is 2.75. The highest BCUT2D eigenvalue weighted by molar-refractivity contribution is 5.84. The van der Waals surface area contributed by atoms with E-state index in [1.807, 2.05) is 43.5 Å². The van der Waals surface area contributed by atoms with E-state index in [-0.39, 0.29) is 18.1 Å². The molecule has 0 saturated heterocycles. The Morgan fingerprint density at radius 1 is 1.38 bits per heavy atom. The number of aryl methyl sites for hydroxylation is 1. The molecule has 1 unspecified atom stereocenters. The lowest BCUT2D eigenvalue weighted by atomic mass is 9.95.